The highest BCUT2D eigenvalue weighted by atomic mass is 32.1. The molecule has 0 aliphatic carbocycles. The molecule has 0 amide bonds. The molecule has 0 unspecified atom stereocenters. The summed E-state index contributed by atoms with van der Waals surface area (Å²) in [4.78, 5) is 14.9. The first-order valence-electron chi connectivity index (χ1n) is 7.25. The van der Waals surface area contributed by atoms with E-state index in [0.717, 1.165) is 23.5 Å². The van der Waals surface area contributed by atoms with Gasteiger partial charge in [-0.05, 0) is 26.2 Å². The minimum Gasteiger partial charge on any atom is -0.483 e. The van der Waals surface area contributed by atoms with Crippen molar-refractivity contribution in [1.29, 1.82) is 0 Å². The molecule has 2 aromatic heterocycles. The highest BCUT2D eigenvalue weighted by Gasteiger charge is 2.07. The molecule has 0 saturated carbocycles. The van der Waals surface area contributed by atoms with Gasteiger partial charge in [0.15, 0.2) is 0 Å². The van der Waals surface area contributed by atoms with E-state index in [-0.39, 0.29) is 6.47 Å². The standard InChI is InChI=1S/C14H17N5OS.CH2O2/c1-19(2)9-12-17-18-14(20-12)15-8-7-13-16-10-5-3-4-6-11(10)21-13;2-1-3/h3-6H,7-9H2,1-2H3,(H,15,18);1H,(H,2,3). The molecule has 0 fully saturated rings. The van der Waals surface area contributed by atoms with Crippen molar-refractivity contribution >= 4 is 34.0 Å². The third kappa shape index (κ3) is 5.28. The Bertz CT molecular complexity index is 738. The fraction of sp³-hybridized carbons (Fsp3) is 0.333. The van der Waals surface area contributed by atoms with Gasteiger partial charge in [0.2, 0.25) is 5.89 Å². The summed E-state index contributed by atoms with van der Waals surface area (Å²) in [5, 5.41) is 19.1. The average Bonchev–Trinajstić information content (AvgIpc) is 3.13. The summed E-state index contributed by atoms with van der Waals surface area (Å²) in [6.07, 6.45) is 0.838. The van der Waals surface area contributed by atoms with Gasteiger partial charge in [-0.15, -0.1) is 16.4 Å². The summed E-state index contributed by atoms with van der Waals surface area (Å²) >= 11 is 1.72. The Morgan fingerprint density at radius 3 is 2.79 bits per heavy atom. The van der Waals surface area contributed by atoms with E-state index < -0.39 is 0 Å². The van der Waals surface area contributed by atoms with Gasteiger partial charge in [-0.25, -0.2) is 4.98 Å². The molecule has 3 aromatic rings. The summed E-state index contributed by atoms with van der Waals surface area (Å²) < 4.78 is 6.72. The van der Waals surface area contributed by atoms with Crippen LogP contribution in [0.2, 0.25) is 0 Å². The molecule has 0 radical (unpaired) electrons. The summed E-state index contributed by atoms with van der Waals surface area (Å²) in [5.74, 6) is 0.613. The highest BCUT2D eigenvalue weighted by molar-refractivity contribution is 7.18. The minimum absolute atomic E-state index is 0.250. The van der Waals surface area contributed by atoms with Crippen LogP contribution in [-0.2, 0) is 17.8 Å². The number of nitrogens with zero attached hydrogens (tertiary/aromatic N) is 4. The molecule has 0 aliphatic rings. The van der Waals surface area contributed by atoms with E-state index in [1.165, 1.54) is 4.70 Å². The first-order chi connectivity index (χ1) is 11.6. The van der Waals surface area contributed by atoms with E-state index in [2.05, 4.69) is 26.6 Å². The van der Waals surface area contributed by atoms with E-state index in [1.54, 1.807) is 11.3 Å². The van der Waals surface area contributed by atoms with Crippen LogP contribution in [0.5, 0.6) is 0 Å². The zero-order chi connectivity index (χ0) is 17.4. The van der Waals surface area contributed by atoms with Crippen LogP contribution < -0.4 is 5.32 Å². The van der Waals surface area contributed by atoms with Gasteiger partial charge in [0.25, 0.3) is 6.47 Å². The number of benzene rings is 1. The third-order valence-electron chi connectivity index (χ3n) is 2.87. The Hall–Kier alpha value is -2.52. The van der Waals surface area contributed by atoms with Crippen molar-refractivity contribution in [3.8, 4) is 0 Å². The number of aromatic nitrogens is 3. The predicted octanol–water partition coefficient (Wildman–Crippen LogP) is 2.10. The Kier molecular flexibility index (Phi) is 6.64. The lowest BCUT2D eigenvalue weighted by atomic mass is 10.3. The maximum absolute atomic E-state index is 8.36. The fourth-order valence-electron chi connectivity index (χ4n) is 1.96. The predicted molar refractivity (Wildman–Crippen MR) is 92.2 cm³/mol. The van der Waals surface area contributed by atoms with Gasteiger partial charge in [-0.2, -0.15) is 0 Å². The van der Waals surface area contributed by atoms with Crippen LogP contribution in [-0.4, -0.2) is 52.3 Å². The van der Waals surface area contributed by atoms with Crippen LogP contribution in [0.1, 0.15) is 10.9 Å². The molecular weight excluding hydrogens is 330 g/mol. The number of carbonyl (C=O) groups is 1. The van der Waals surface area contributed by atoms with Gasteiger partial charge >= 0.3 is 6.01 Å². The lowest BCUT2D eigenvalue weighted by Gasteiger charge is -2.03. The molecule has 0 atom stereocenters. The van der Waals surface area contributed by atoms with Gasteiger partial charge in [0.05, 0.1) is 21.8 Å². The van der Waals surface area contributed by atoms with Crippen LogP contribution in [0.4, 0.5) is 6.01 Å². The number of anilines is 1. The number of carboxylic acid groups (broad SMARTS) is 1. The maximum Gasteiger partial charge on any atom is 0.315 e. The topological polar surface area (TPSA) is 104 Å². The largest absolute Gasteiger partial charge is 0.483 e. The molecule has 9 heteroatoms. The van der Waals surface area contributed by atoms with Crippen molar-refractivity contribution in [2.24, 2.45) is 0 Å². The number of para-hydroxylation sites is 1. The second-order valence-corrected chi connectivity index (χ2v) is 6.21. The SMILES string of the molecule is CN(C)Cc1nnc(NCCc2nc3ccccc3s2)o1.O=CO. The summed E-state index contributed by atoms with van der Waals surface area (Å²) in [7, 11) is 3.93. The second-order valence-electron chi connectivity index (χ2n) is 5.10. The van der Waals surface area contributed by atoms with Gasteiger partial charge < -0.3 is 19.7 Å². The molecule has 1 aromatic carbocycles. The maximum atomic E-state index is 8.36. The lowest BCUT2D eigenvalue weighted by Crippen LogP contribution is -2.10. The Balaban J connectivity index is 0.000000647. The van der Waals surface area contributed by atoms with E-state index in [9.17, 15) is 0 Å². The van der Waals surface area contributed by atoms with Crippen LogP contribution in [0.3, 0.4) is 0 Å². The van der Waals surface area contributed by atoms with Gasteiger partial charge in [-0.1, -0.05) is 17.2 Å². The van der Waals surface area contributed by atoms with E-state index >= 15 is 0 Å². The third-order valence-corrected chi connectivity index (χ3v) is 3.97. The van der Waals surface area contributed by atoms with Crippen molar-refractivity contribution in [3.63, 3.8) is 0 Å². The minimum atomic E-state index is -0.250. The van der Waals surface area contributed by atoms with Crippen LogP contribution in [0.15, 0.2) is 28.7 Å². The van der Waals surface area contributed by atoms with Crippen LogP contribution >= 0.6 is 11.3 Å². The number of nitrogens with one attached hydrogen (secondary N) is 1. The molecule has 2 heterocycles. The Labute approximate surface area is 143 Å². The molecule has 3 rings (SSSR count). The Morgan fingerprint density at radius 2 is 2.08 bits per heavy atom. The first-order valence-corrected chi connectivity index (χ1v) is 8.07. The monoisotopic (exact) mass is 349 g/mol. The highest BCUT2D eigenvalue weighted by Crippen LogP contribution is 2.21. The van der Waals surface area contributed by atoms with Crippen molar-refractivity contribution in [2.75, 3.05) is 26.0 Å². The molecule has 128 valence electrons. The average molecular weight is 349 g/mol. The van der Waals surface area contributed by atoms with Crippen molar-refractivity contribution < 1.29 is 14.3 Å². The molecule has 8 nitrogen and oxygen atoms in total. The zero-order valence-corrected chi connectivity index (χ0v) is 14.3. The zero-order valence-electron chi connectivity index (χ0n) is 13.5. The fourth-order valence-corrected chi connectivity index (χ4v) is 2.93. The normalized spacial score (nSPS) is 10.5. The quantitative estimate of drug-likeness (QED) is 0.652. The van der Waals surface area contributed by atoms with Gasteiger partial charge in [0.1, 0.15) is 0 Å². The van der Waals surface area contributed by atoms with Gasteiger partial charge in [0, 0.05) is 13.0 Å². The van der Waals surface area contributed by atoms with Gasteiger partial charge in [-0.3, -0.25) is 4.79 Å². The molecule has 0 aliphatic heterocycles. The van der Waals surface area contributed by atoms with E-state index in [4.69, 9.17) is 14.3 Å². The Morgan fingerprint density at radius 1 is 1.33 bits per heavy atom. The molecule has 0 saturated heterocycles. The number of hydrogen-bond donors (Lipinski definition) is 2. The number of rotatable bonds is 6. The number of thiazole rings is 1. The number of fused-ring (bicyclic) bond motifs is 1. The van der Waals surface area contributed by atoms with E-state index in [1.807, 2.05) is 37.2 Å². The van der Waals surface area contributed by atoms with Crippen LogP contribution in [0, 0.1) is 0 Å². The van der Waals surface area contributed by atoms with Crippen LogP contribution in [0.25, 0.3) is 10.2 Å². The molecule has 0 spiro atoms. The lowest BCUT2D eigenvalue weighted by molar-refractivity contribution is -0.122. The molecular formula is C15H19N5O3S. The molecule has 2 N–H and O–H groups in total. The van der Waals surface area contributed by atoms with Crippen molar-refractivity contribution in [1.82, 2.24) is 20.1 Å². The number of hydrogen-bond acceptors (Lipinski definition) is 8. The molecule has 0 bridgehead atoms. The van der Waals surface area contributed by atoms with E-state index in [0.29, 0.717) is 18.5 Å². The summed E-state index contributed by atoms with van der Waals surface area (Å²) in [6.45, 7) is 1.12. The first kappa shape index (κ1) is 17.8. The summed E-state index contributed by atoms with van der Waals surface area (Å²) in [5.41, 5.74) is 1.06. The second kappa shape index (κ2) is 8.94. The smallest absolute Gasteiger partial charge is 0.315 e. The van der Waals surface area contributed by atoms with Crippen molar-refractivity contribution in [3.05, 3.63) is 35.2 Å². The van der Waals surface area contributed by atoms with Crippen molar-refractivity contribution in [2.45, 2.75) is 13.0 Å². The molecule has 24 heavy (non-hydrogen) atoms. The summed E-state index contributed by atoms with van der Waals surface area (Å²) in [6, 6.07) is 8.64.